The highest BCUT2D eigenvalue weighted by atomic mass is 19.1. The minimum atomic E-state index is -1.40. The Labute approximate surface area is 103 Å². The van der Waals surface area contributed by atoms with Crippen LogP contribution in [0.3, 0.4) is 0 Å². The maximum Gasteiger partial charge on any atom is 0.335 e. The first-order valence-electron chi connectivity index (χ1n) is 5.42. The molecule has 0 aromatic heterocycles. The lowest BCUT2D eigenvalue weighted by atomic mass is 10.2. The van der Waals surface area contributed by atoms with Crippen LogP contribution in [-0.2, 0) is 4.74 Å². The van der Waals surface area contributed by atoms with Crippen LogP contribution in [0.15, 0.2) is 12.1 Å². The van der Waals surface area contributed by atoms with Gasteiger partial charge in [0.25, 0.3) is 0 Å². The first kappa shape index (κ1) is 14.4. The fourth-order valence-corrected chi connectivity index (χ4v) is 1.31. The van der Waals surface area contributed by atoms with Gasteiger partial charge in [-0.05, 0) is 26.0 Å². The molecule has 1 aromatic rings. The van der Waals surface area contributed by atoms with Crippen LogP contribution in [0.25, 0.3) is 0 Å². The van der Waals surface area contributed by atoms with Crippen LogP contribution in [0.5, 0.6) is 5.75 Å². The van der Waals surface area contributed by atoms with Crippen molar-refractivity contribution in [1.82, 2.24) is 0 Å². The predicted molar refractivity (Wildman–Crippen MR) is 59.9 cm³/mol. The van der Waals surface area contributed by atoms with Crippen molar-refractivity contribution < 1.29 is 28.2 Å². The molecule has 1 aromatic carbocycles. The highest BCUT2D eigenvalue weighted by Gasteiger charge is 2.18. The molecule has 0 saturated carbocycles. The first-order chi connectivity index (χ1) is 8.45. The second-order valence-electron chi connectivity index (χ2n) is 3.66. The average molecular weight is 260 g/mol. The van der Waals surface area contributed by atoms with Gasteiger partial charge in [-0.25, -0.2) is 13.6 Å². The number of carboxylic acid groups (broad SMARTS) is 1. The summed E-state index contributed by atoms with van der Waals surface area (Å²) in [6, 6.07) is 1.43. The van der Waals surface area contributed by atoms with E-state index in [4.69, 9.17) is 14.6 Å². The number of ether oxygens (including phenoxy) is 2. The standard InChI is InChI=1S/C12H14F2O4/c1-3-17-6-7(2)18-11-9(13)4-8(12(15)16)5-10(11)14/h4-5,7H,3,6H2,1-2H3,(H,15,16). The Bertz CT molecular complexity index is 411. The van der Waals surface area contributed by atoms with Crippen molar-refractivity contribution in [3.63, 3.8) is 0 Å². The topological polar surface area (TPSA) is 55.8 Å². The van der Waals surface area contributed by atoms with E-state index in [1.54, 1.807) is 13.8 Å². The van der Waals surface area contributed by atoms with Crippen LogP contribution in [0.4, 0.5) is 8.78 Å². The molecule has 0 aliphatic heterocycles. The van der Waals surface area contributed by atoms with Crippen molar-refractivity contribution >= 4 is 5.97 Å². The van der Waals surface area contributed by atoms with Crippen molar-refractivity contribution in [2.45, 2.75) is 20.0 Å². The van der Waals surface area contributed by atoms with E-state index in [-0.39, 0.29) is 6.61 Å². The first-order valence-corrected chi connectivity index (χ1v) is 5.42. The van der Waals surface area contributed by atoms with Gasteiger partial charge in [0, 0.05) is 6.61 Å². The van der Waals surface area contributed by atoms with Crippen LogP contribution < -0.4 is 4.74 Å². The summed E-state index contributed by atoms with van der Waals surface area (Å²) >= 11 is 0. The van der Waals surface area contributed by atoms with Gasteiger partial charge in [-0.15, -0.1) is 0 Å². The van der Waals surface area contributed by atoms with E-state index in [9.17, 15) is 13.6 Å². The molecule has 1 unspecified atom stereocenters. The molecule has 0 spiro atoms. The van der Waals surface area contributed by atoms with Crippen LogP contribution in [0, 0.1) is 11.6 Å². The van der Waals surface area contributed by atoms with Gasteiger partial charge in [-0.3, -0.25) is 0 Å². The van der Waals surface area contributed by atoms with Gasteiger partial charge in [0.05, 0.1) is 12.2 Å². The lowest BCUT2D eigenvalue weighted by molar-refractivity contribution is 0.0611. The van der Waals surface area contributed by atoms with Crippen LogP contribution >= 0.6 is 0 Å². The monoisotopic (exact) mass is 260 g/mol. The Morgan fingerprint density at radius 1 is 1.39 bits per heavy atom. The molecule has 0 heterocycles. The van der Waals surface area contributed by atoms with Crippen molar-refractivity contribution in [3.05, 3.63) is 29.3 Å². The van der Waals surface area contributed by atoms with E-state index in [0.717, 1.165) is 0 Å². The van der Waals surface area contributed by atoms with Gasteiger partial charge in [0.15, 0.2) is 17.4 Å². The molecule has 0 saturated heterocycles. The summed E-state index contributed by atoms with van der Waals surface area (Å²) in [4.78, 5) is 10.6. The molecule has 0 radical (unpaired) electrons. The zero-order valence-corrected chi connectivity index (χ0v) is 10.1. The van der Waals surface area contributed by atoms with Crippen molar-refractivity contribution in [2.24, 2.45) is 0 Å². The number of hydrogen-bond donors (Lipinski definition) is 1. The lowest BCUT2D eigenvalue weighted by Gasteiger charge is -2.15. The van der Waals surface area contributed by atoms with E-state index in [0.29, 0.717) is 18.7 Å². The number of rotatable bonds is 6. The summed E-state index contributed by atoms with van der Waals surface area (Å²) in [5, 5.41) is 8.63. The molecule has 4 nitrogen and oxygen atoms in total. The van der Waals surface area contributed by atoms with Gasteiger partial charge in [-0.2, -0.15) is 0 Å². The highest BCUT2D eigenvalue weighted by Crippen LogP contribution is 2.24. The minimum Gasteiger partial charge on any atom is -0.482 e. The Morgan fingerprint density at radius 2 is 1.94 bits per heavy atom. The van der Waals surface area contributed by atoms with Gasteiger partial charge < -0.3 is 14.6 Å². The van der Waals surface area contributed by atoms with Crippen LogP contribution in [0.2, 0.25) is 0 Å². The number of carbonyl (C=O) groups is 1. The van der Waals surface area contributed by atoms with Gasteiger partial charge in [0.1, 0.15) is 6.10 Å². The number of carboxylic acids is 1. The quantitative estimate of drug-likeness (QED) is 0.853. The van der Waals surface area contributed by atoms with E-state index in [1.807, 2.05) is 0 Å². The minimum absolute atomic E-state index is 0.191. The Morgan fingerprint density at radius 3 is 2.39 bits per heavy atom. The second-order valence-corrected chi connectivity index (χ2v) is 3.66. The Kier molecular flexibility index (Phi) is 5.03. The highest BCUT2D eigenvalue weighted by molar-refractivity contribution is 5.87. The summed E-state index contributed by atoms with van der Waals surface area (Å²) < 4.78 is 37.1. The maximum absolute atomic E-state index is 13.5. The third-order valence-corrected chi connectivity index (χ3v) is 2.12. The van der Waals surface area contributed by atoms with Crippen LogP contribution in [0.1, 0.15) is 24.2 Å². The molecule has 1 atom stereocenters. The van der Waals surface area contributed by atoms with Crippen molar-refractivity contribution in [1.29, 1.82) is 0 Å². The number of aromatic carboxylic acids is 1. The van der Waals surface area contributed by atoms with Crippen molar-refractivity contribution in [3.8, 4) is 5.75 Å². The Hall–Kier alpha value is -1.69. The maximum atomic E-state index is 13.5. The summed E-state index contributed by atoms with van der Waals surface area (Å²) in [5.74, 6) is -4.08. The molecule has 100 valence electrons. The Balaban J connectivity index is 2.86. The molecule has 0 aliphatic carbocycles. The SMILES string of the molecule is CCOCC(C)Oc1c(F)cc(C(=O)O)cc1F. The molecule has 18 heavy (non-hydrogen) atoms. The number of benzene rings is 1. The normalized spacial score (nSPS) is 12.2. The smallest absolute Gasteiger partial charge is 0.335 e. The van der Waals surface area contributed by atoms with E-state index < -0.39 is 35.0 Å². The molecule has 0 aliphatic rings. The van der Waals surface area contributed by atoms with E-state index >= 15 is 0 Å². The fourth-order valence-electron chi connectivity index (χ4n) is 1.31. The molecule has 6 heteroatoms. The number of hydrogen-bond acceptors (Lipinski definition) is 3. The zero-order valence-electron chi connectivity index (χ0n) is 10.1. The van der Waals surface area contributed by atoms with Gasteiger partial charge >= 0.3 is 5.97 Å². The number of halogens is 2. The molecule has 1 N–H and O–H groups in total. The molecule has 0 amide bonds. The zero-order chi connectivity index (χ0) is 13.7. The van der Waals surface area contributed by atoms with E-state index in [1.165, 1.54) is 0 Å². The van der Waals surface area contributed by atoms with Crippen LogP contribution in [-0.4, -0.2) is 30.4 Å². The average Bonchev–Trinajstić information content (AvgIpc) is 2.30. The third-order valence-electron chi connectivity index (χ3n) is 2.12. The molecule has 1 rings (SSSR count). The molecule has 0 bridgehead atoms. The van der Waals surface area contributed by atoms with Gasteiger partial charge in [-0.1, -0.05) is 0 Å². The molecular formula is C12H14F2O4. The van der Waals surface area contributed by atoms with Gasteiger partial charge in [0.2, 0.25) is 0 Å². The summed E-state index contributed by atoms with van der Waals surface area (Å²) in [6.45, 7) is 4.04. The summed E-state index contributed by atoms with van der Waals surface area (Å²) in [5.41, 5.74) is -0.463. The molecule has 0 fully saturated rings. The fraction of sp³-hybridized carbons (Fsp3) is 0.417. The third kappa shape index (κ3) is 3.66. The second kappa shape index (κ2) is 6.30. The van der Waals surface area contributed by atoms with Crippen molar-refractivity contribution in [2.75, 3.05) is 13.2 Å². The summed E-state index contributed by atoms with van der Waals surface area (Å²) in [7, 11) is 0. The molecular weight excluding hydrogens is 246 g/mol. The summed E-state index contributed by atoms with van der Waals surface area (Å²) in [6.07, 6.45) is -0.537. The lowest BCUT2D eigenvalue weighted by Crippen LogP contribution is -2.20. The largest absolute Gasteiger partial charge is 0.482 e. The van der Waals surface area contributed by atoms with E-state index in [2.05, 4.69) is 0 Å². The predicted octanol–water partition coefficient (Wildman–Crippen LogP) is 2.47.